The molecule has 0 aliphatic rings. The molecule has 0 amide bonds. The van der Waals surface area contributed by atoms with E-state index in [2.05, 4.69) is 0 Å². The fourth-order valence-corrected chi connectivity index (χ4v) is 1.33. The Kier molecular flexibility index (Phi) is 30.5. The number of hydrogen-bond donors (Lipinski definition) is 2. The van der Waals surface area contributed by atoms with Gasteiger partial charge < -0.3 is 30.0 Å². The second kappa shape index (κ2) is 19.2. The van der Waals surface area contributed by atoms with Crippen molar-refractivity contribution in [2.24, 2.45) is 0 Å². The molecule has 0 aromatic rings. The Bertz CT molecular complexity index is 352. The summed E-state index contributed by atoms with van der Waals surface area (Å²) in [4.78, 5) is 42.5. The first kappa shape index (κ1) is 35.0. The third kappa shape index (κ3) is 18.2. The predicted molar refractivity (Wildman–Crippen MR) is 49.9 cm³/mol. The number of nitrogens with zero attached hydrogens (tertiary/aromatic N) is 1. The van der Waals surface area contributed by atoms with Crippen molar-refractivity contribution in [2.75, 3.05) is 13.1 Å². The van der Waals surface area contributed by atoms with Gasteiger partial charge in [0, 0.05) is 13.0 Å². The number of aliphatic carboxylic acids is 4. The van der Waals surface area contributed by atoms with Gasteiger partial charge in [0.15, 0.2) is 0 Å². The molecule has 22 heavy (non-hydrogen) atoms. The summed E-state index contributed by atoms with van der Waals surface area (Å²) in [7, 11) is 0. The van der Waals surface area contributed by atoms with Gasteiger partial charge in [-0.05, 0) is 6.42 Å². The molecular weight excluding hydrogens is 342 g/mol. The Morgan fingerprint density at radius 2 is 1.32 bits per heavy atom. The molecule has 0 spiro atoms. The number of carbonyl (C=O) groups excluding carboxylic acids is 2. The minimum absolute atomic E-state index is 0. The van der Waals surface area contributed by atoms with Crippen LogP contribution in [0.25, 0.3) is 0 Å². The molecule has 0 unspecified atom stereocenters. The normalized spacial score (nSPS) is 9.86. The molecule has 0 radical (unpaired) electrons. The number of carbonyl (C=O) groups is 4. The van der Waals surface area contributed by atoms with Crippen LogP contribution in [0.15, 0.2) is 0 Å². The summed E-state index contributed by atoms with van der Waals surface area (Å²) in [6.07, 6.45) is -1.01. The zero-order valence-electron chi connectivity index (χ0n) is 13.2. The van der Waals surface area contributed by atoms with E-state index in [4.69, 9.17) is 10.2 Å². The standard InChI is InChI=1S/C9H13NO8.4Na/c11-6(12)2-1-5(9(17)18)10(3-7(13)14)4-8(15)16;;;;/h5H,1-4H2,(H,11,12)(H,13,14)(H,15,16)(H,17,18);;;;/q;4*+1/p-2/t5-;;;;/m0..../s1. The Morgan fingerprint density at radius 3 is 1.59 bits per heavy atom. The summed E-state index contributed by atoms with van der Waals surface area (Å²) in [5.41, 5.74) is 0. The molecular formula is C9H11NNa4O8+2. The summed E-state index contributed by atoms with van der Waals surface area (Å²) in [5.74, 6) is -6.14. The van der Waals surface area contributed by atoms with Crippen LogP contribution in [-0.4, -0.2) is 58.1 Å². The van der Waals surface area contributed by atoms with E-state index in [0.717, 1.165) is 0 Å². The molecule has 0 aromatic heterocycles. The molecule has 0 saturated carbocycles. The molecule has 0 rings (SSSR count). The molecule has 0 aliphatic carbocycles. The van der Waals surface area contributed by atoms with Gasteiger partial charge in [0.05, 0.1) is 24.5 Å². The van der Waals surface area contributed by atoms with Crippen molar-refractivity contribution in [3.8, 4) is 0 Å². The van der Waals surface area contributed by atoms with Gasteiger partial charge in [0.25, 0.3) is 0 Å². The van der Waals surface area contributed by atoms with Crippen LogP contribution >= 0.6 is 0 Å². The second-order valence-electron chi connectivity index (χ2n) is 3.44. The zero-order chi connectivity index (χ0) is 14.3. The van der Waals surface area contributed by atoms with Crippen LogP contribution in [0.1, 0.15) is 12.8 Å². The van der Waals surface area contributed by atoms with Crippen LogP contribution in [0.2, 0.25) is 0 Å². The van der Waals surface area contributed by atoms with Gasteiger partial charge in [-0.15, -0.1) is 0 Å². The third-order valence-electron chi connectivity index (χ3n) is 2.02. The van der Waals surface area contributed by atoms with Crippen molar-refractivity contribution < 1.29 is 158 Å². The van der Waals surface area contributed by atoms with Crippen LogP contribution in [0.5, 0.6) is 0 Å². The molecule has 1 atom stereocenters. The molecule has 102 valence electrons. The average Bonchev–Trinajstić information content (AvgIpc) is 2.14. The van der Waals surface area contributed by atoms with E-state index < -0.39 is 55.9 Å². The van der Waals surface area contributed by atoms with E-state index >= 15 is 0 Å². The van der Waals surface area contributed by atoms with Crippen LogP contribution in [-0.2, 0) is 19.2 Å². The number of carboxylic acids is 4. The molecule has 0 aliphatic heterocycles. The summed E-state index contributed by atoms with van der Waals surface area (Å²) in [6, 6.07) is -1.62. The molecule has 13 heteroatoms. The van der Waals surface area contributed by atoms with E-state index in [9.17, 15) is 29.4 Å². The van der Waals surface area contributed by atoms with Crippen molar-refractivity contribution in [3.05, 3.63) is 0 Å². The van der Waals surface area contributed by atoms with Crippen molar-refractivity contribution in [3.63, 3.8) is 0 Å². The monoisotopic (exact) mass is 353 g/mol. The SMILES string of the molecule is O=C([O-])CN(CC(=O)O)[C@@H](CCC(=O)O)C(=O)[O-].[Na+].[Na+].[Na+].[Na+]. The Balaban J connectivity index is -0.000000241. The Hall–Kier alpha value is 1.84. The fraction of sp³-hybridized carbons (Fsp3) is 0.556. The van der Waals surface area contributed by atoms with Gasteiger partial charge in [0.2, 0.25) is 0 Å². The minimum atomic E-state index is -1.74. The first-order valence-corrected chi connectivity index (χ1v) is 4.82. The van der Waals surface area contributed by atoms with Gasteiger partial charge in [-0.25, -0.2) is 0 Å². The maximum atomic E-state index is 10.8. The number of carboxylic acid groups (broad SMARTS) is 4. The van der Waals surface area contributed by atoms with Crippen molar-refractivity contribution >= 4 is 23.9 Å². The predicted octanol–water partition coefficient (Wildman–Crippen LogP) is -15.9. The first-order valence-electron chi connectivity index (χ1n) is 4.82. The first-order chi connectivity index (χ1) is 8.23. The quantitative estimate of drug-likeness (QED) is 0.384. The topological polar surface area (TPSA) is 158 Å². The maximum Gasteiger partial charge on any atom is 1.00 e. The molecule has 2 N–H and O–H groups in total. The Morgan fingerprint density at radius 1 is 0.864 bits per heavy atom. The third-order valence-corrected chi connectivity index (χ3v) is 2.02. The Labute approximate surface area is 215 Å². The van der Waals surface area contributed by atoms with Crippen molar-refractivity contribution in [1.82, 2.24) is 4.90 Å². The number of hydrogen-bond acceptors (Lipinski definition) is 7. The van der Waals surface area contributed by atoms with Gasteiger partial charge in [0.1, 0.15) is 0 Å². The van der Waals surface area contributed by atoms with E-state index in [1.807, 2.05) is 0 Å². The van der Waals surface area contributed by atoms with Gasteiger partial charge in [-0.2, -0.15) is 0 Å². The molecule has 9 nitrogen and oxygen atoms in total. The maximum absolute atomic E-state index is 10.8. The average molecular weight is 353 g/mol. The summed E-state index contributed by atoms with van der Waals surface area (Å²) in [6.45, 7) is -1.81. The number of rotatable bonds is 9. The summed E-state index contributed by atoms with van der Waals surface area (Å²) >= 11 is 0. The van der Waals surface area contributed by atoms with E-state index in [1.165, 1.54) is 0 Å². The van der Waals surface area contributed by atoms with E-state index in [0.29, 0.717) is 4.90 Å². The van der Waals surface area contributed by atoms with E-state index in [-0.39, 0.29) is 118 Å². The zero-order valence-corrected chi connectivity index (χ0v) is 21.2. The molecule has 0 fully saturated rings. The van der Waals surface area contributed by atoms with Crippen LogP contribution in [0.3, 0.4) is 0 Å². The summed E-state index contributed by atoms with van der Waals surface area (Å²) < 4.78 is 0. The van der Waals surface area contributed by atoms with Crippen molar-refractivity contribution in [2.45, 2.75) is 18.9 Å². The van der Waals surface area contributed by atoms with Crippen LogP contribution in [0, 0.1) is 0 Å². The second-order valence-corrected chi connectivity index (χ2v) is 3.44. The van der Waals surface area contributed by atoms with E-state index in [1.54, 1.807) is 0 Å². The van der Waals surface area contributed by atoms with Crippen LogP contribution < -0.4 is 128 Å². The molecule has 0 heterocycles. The molecule has 0 bridgehead atoms. The smallest absolute Gasteiger partial charge is 0.549 e. The molecule has 0 aromatic carbocycles. The van der Waals surface area contributed by atoms with Crippen molar-refractivity contribution in [1.29, 1.82) is 0 Å². The largest absolute Gasteiger partial charge is 1.00 e. The van der Waals surface area contributed by atoms with Crippen LogP contribution in [0.4, 0.5) is 0 Å². The fourth-order valence-electron chi connectivity index (χ4n) is 1.33. The molecule has 0 saturated heterocycles. The van der Waals surface area contributed by atoms with Gasteiger partial charge in [-0.1, -0.05) is 0 Å². The summed E-state index contributed by atoms with van der Waals surface area (Å²) in [5, 5.41) is 38.1. The van der Waals surface area contributed by atoms with Gasteiger partial charge in [-0.3, -0.25) is 14.5 Å². The minimum Gasteiger partial charge on any atom is -0.549 e. The van der Waals surface area contributed by atoms with Gasteiger partial charge >= 0.3 is 130 Å².